The van der Waals surface area contributed by atoms with Crippen LogP contribution >= 0.6 is 0 Å². The second kappa shape index (κ2) is 5.90. The van der Waals surface area contributed by atoms with Crippen LogP contribution in [0.2, 0.25) is 0 Å². The molecule has 1 aliphatic rings. The second-order valence-corrected chi connectivity index (χ2v) is 5.66. The number of methoxy groups -OCH3 is 1. The van der Waals surface area contributed by atoms with Crippen LogP contribution < -0.4 is 10.1 Å². The van der Waals surface area contributed by atoms with Crippen LogP contribution in [0.3, 0.4) is 0 Å². The molecule has 0 radical (unpaired) electrons. The minimum Gasteiger partial charge on any atom is -0.497 e. The van der Waals surface area contributed by atoms with Gasteiger partial charge in [0, 0.05) is 30.9 Å². The molecule has 4 nitrogen and oxygen atoms in total. The van der Waals surface area contributed by atoms with E-state index < -0.39 is 0 Å². The van der Waals surface area contributed by atoms with Gasteiger partial charge < -0.3 is 10.1 Å². The summed E-state index contributed by atoms with van der Waals surface area (Å²) in [6.45, 7) is 5.96. The lowest BCUT2D eigenvalue weighted by molar-refractivity contribution is 0.414. The van der Waals surface area contributed by atoms with Gasteiger partial charge in [0.1, 0.15) is 5.75 Å². The maximum absolute atomic E-state index is 5.38. The van der Waals surface area contributed by atoms with E-state index in [1.54, 1.807) is 7.11 Å². The smallest absolute Gasteiger partial charge is 0.119 e. The molecule has 1 heterocycles. The fraction of sp³-hybridized carbons (Fsp3) is 0.471. The van der Waals surface area contributed by atoms with Gasteiger partial charge in [0.2, 0.25) is 0 Å². The third-order valence-electron chi connectivity index (χ3n) is 4.03. The highest BCUT2D eigenvalue weighted by Gasteiger charge is 2.21. The third-order valence-corrected chi connectivity index (χ3v) is 4.03. The SMILES string of the molecule is CCn1cc(-c2ccc(OC)cc2CNC2CC2)c(C)n1. The first kappa shape index (κ1) is 14.1. The number of nitrogens with zero attached hydrogens (tertiary/aromatic N) is 2. The summed E-state index contributed by atoms with van der Waals surface area (Å²) >= 11 is 0. The number of hydrogen-bond donors (Lipinski definition) is 1. The minimum atomic E-state index is 0.698. The van der Waals surface area contributed by atoms with Crippen molar-refractivity contribution in [3.63, 3.8) is 0 Å². The number of aryl methyl sites for hydroxylation is 2. The molecule has 0 atom stereocenters. The Hall–Kier alpha value is -1.81. The molecule has 0 unspecified atom stereocenters. The molecule has 21 heavy (non-hydrogen) atoms. The van der Waals surface area contributed by atoms with Crippen molar-refractivity contribution in [3.8, 4) is 16.9 Å². The van der Waals surface area contributed by atoms with Crippen molar-refractivity contribution < 1.29 is 4.74 Å². The molecule has 1 N–H and O–H groups in total. The van der Waals surface area contributed by atoms with E-state index in [0.717, 1.165) is 24.5 Å². The number of benzene rings is 1. The average molecular weight is 285 g/mol. The van der Waals surface area contributed by atoms with Gasteiger partial charge in [-0.3, -0.25) is 4.68 Å². The predicted molar refractivity (Wildman–Crippen MR) is 84.5 cm³/mol. The van der Waals surface area contributed by atoms with Gasteiger partial charge in [-0.15, -0.1) is 0 Å². The molecule has 1 saturated carbocycles. The van der Waals surface area contributed by atoms with Crippen molar-refractivity contribution in [2.75, 3.05) is 7.11 Å². The summed E-state index contributed by atoms with van der Waals surface area (Å²) in [4.78, 5) is 0. The molecular formula is C17H23N3O. The normalized spacial score (nSPS) is 14.4. The Bertz CT molecular complexity index is 629. The third kappa shape index (κ3) is 3.10. The van der Waals surface area contributed by atoms with E-state index >= 15 is 0 Å². The highest BCUT2D eigenvalue weighted by Crippen LogP contribution is 2.30. The Morgan fingerprint density at radius 1 is 1.33 bits per heavy atom. The highest BCUT2D eigenvalue weighted by atomic mass is 16.5. The number of hydrogen-bond acceptors (Lipinski definition) is 3. The topological polar surface area (TPSA) is 39.1 Å². The fourth-order valence-corrected chi connectivity index (χ4v) is 2.59. The Balaban J connectivity index is 1.96. The second-order valence-electron chi connectivity index (χ2n) is 5.66. The first-order chi connectivity index (χ1) is 10.2. The Morgan fingerprint density at radius 2 is 2.14 bits per heavy atom. The van der Waals surface area contributed by atoms with Gasteiger partial charge in [-0.05, 0) is 49.9 Å². The zero-order valence-corrected chi connectivity index (χ0v) is 13.0. The van der Waals surface area contributed by atoms with E-state index in [9.17, 15) is 0 Å². The molecule has 112 valence electrons. The lowest BCUT2D eigenvalue weighted by Gasteiger charge is -2.12. The molecule has 0 saturated heterocycles. The van der Waals surface area contributed by atoms with Gasteiger partial charge in [0.05, 0.1) is 12.8 Å². The van der Waals surface area contributed by atoms with Crippen LogP contribution in [0.4, 0.5) is 0 Å². The van der Waals surface area contributed by atoms with Crippen LogP contribution in [0, 0.1) is 6.92 Å². The number of ether oxygens (including phenoxy) is 1. The monoisotopic (exact) mass is 285 g/mol. The van der Waals surface area contributed by atoms with E-state index in [2.05, 4.69) is 42.6 Å². The summed E-state index contributed by atoms with van der Waals surface area (Å²) < 4.78 is 7.37. The zero-order chi connectivity index (χ0) is 14.8. The highest BCUT2D eigenvalue weighted by molar-refractivity contribution is 5.70. The lowest BCUT2D eigenvalue weighted by Crippen LogP contribution is -2.16. The molecule has 1 aromatic carbocycles. The molecule has 3 rings (SSSR count). The van der Waals surface area contributed by atoms with Crippen molar-refractivity contribution in [1.29, 1.82) is 0 Å². The van der Waals surface area contributed by atoms with Crippen LogP contribution in [0.5, 0.6) is 5.75 Å². The Labute approximate surface area is 126 Å². The number of aromatic nitrogens is 2. The maximum Gasteiger partial charge on any atom is 0.119 e. The molecule has 1 aromatic heterocycles. The average Bonchev–Trinajstić information content (AvgIpc) is 3.26. The van der Waals surface area contributed by atoms with Crippen molar-refractivity contribution in [3.05, 3.63) is 35.7 Å². The van der Waals surface area contributed by atoms with E-state index in [-0.39, 0.29) is 0 Å². The predicted octanol–water partition coefficient (Wildman–Crippen LogP) is 3.14. The largest absolute Gasteiger partial charge is 0.497 e. The van der Waals surface area contributed by atoms with Gasteiger partial charge >= 0.3 is 0 Å². The van der Waals surface area contributed by atoms with E-state index in [1.807, 2.05) is 10.7 Å². The van der Waals surface area contributed by atoms with Crippen molar-refractivity contribution in [1.82, 2.24) is 15.1 Å². The minimum absolute atomic E-state index is 0.698. The molecule has 1 aliphatic carbocycles. The molecule has 1 fully saturated rings. The molecule has 0 spiro atoms. The van der Waals surface area contributed by atoms with E-state index in [4.69, 9.17) is 4.74 Å². The van der Waals surface area contributed by atoms with Gasteiger partial charge in [0.15, 0.2) is 0 Å². The van der Waals surface area contributed by atoms with Crippen LogP contribution in [-0.4, -0.2) is 22.9 Å². The summed E-state index contributed by atoms with van der Waals surface area (Å²) in [6.07, 6.45) is 4.73. The summed E-state index contributed by atoms with van der Waals surface area (Å²) in [6, 6.07) is 7.00. The molecular weight excluding hydrogens is 262 g/mol. The van der Waals surface area contributed by atoms with Gasteiger partial charge in [-0.2, -0.15) is 5.10 Å². The number of rotatable bonds is 6. The van der Waals surface area contributed by atoms with Crippen LogP contribution in [0.1, 0.15) is 31.0 Å². The van der Waals surface area contributed by atoms with Crippen LogP contribution in [0.25, 0.3) is 11.1 Å². The Morgan fingerprint density at radius 3 is 2.76 bits per heavy atom. The van der Waals surface area contributed by atoms with Crippen molar-refractivity contribution >= 4 is 0 Å². The first-order valence-electron chi connectivity index (χ1n) is 7.66. The summed E-state index contributed by atoms with van der Waals surface area (Å²) in [7, 11) is 1.72. The summed E-state index contributed by atoms with van der Waals surface area (Å²) in [5.41, 5.74) is 4.82. The van der Waals surface area contributed by atoms with Gasteiger partial charge in [0.25, 0.3) is 0 Å². The summed E-state index contributed by atoms with van der Waals surface area (Å²) in [5.74, 6) is 0.909. The van der Waals surface area contributed by atoms with Crippen LogP contribution in [-0.2, 0) is 13.1 Å². The van der Waals surface area contributed by atoms with Gasteiger partial charge in [-0.25, -0.2) is 0 Å². The molecule has 0 amide bonds. The number of nitrogens with one attached hydrogen (secondary N) is 1. The quantitative estimate of drug-likeness (QED) is 0.886. The maximum atomic E-state index is 5.38. The molecule has 0 bridgehead atoms. The molecule has 0 aliphatic heterocycles. The first-order valence-corrected chi connectivity index (χ1v) is 7.66. The fourth-order valence-electron chi connectivity index (χ4n) is 2.59. The van der Waals surface area contributed by atoms with Gasteiger partial charge in [-0.1, -0.05) is 6.07 Å². The van der Waals surface area contributed by atoms with E-state index in [1.165, 1.54) is 29.5 Å². The van der Waals surface area contributed by atoms with E-state index in [0.29, 0.717) is 6.04 Å². The van der Waals surface area contributed by atoms with Crippen molar-refractivity contribution in [2.45, 2.75) is 45.8 Å². The molecule has 4 heteroatoms. The Kier molecular flexibility index (Phi) is 3.97. The summed E-state index contributed by atoms with van der Waals surface area (Å²) in [5, 5.41) is 8.15. The lowest BCUT2D eigenvalue weighted by atomic mass is 10.00. The standard InChI is InChI=1S/C17H23N3O/c1-4-20-11-17(12(2)19-20)16-8-7-15(21-3)9-13(16)10-18-14-5-6-14/h7-9,11,14,18H,4-6,10H2,1-3H3. The molecule has 2 aromatic rings. The zero-order valence-electron chi connectivity index (χ0n) is 13.0. The van der Waals surface area contributed by atoms with Crippen LogP contribution in [0.15, 0.2) is 24.4 Å². The van der Waals surface area contributed by atoms with Crippen molar-refractivity contribution in [2.24, 2.45) is 0 Å².